The van der Waals surface area contributed by atoms with Crippen molar-refractivity contribution in [1.29, 1.82) is 0 Å². The molecule has 0 spiro atoms. The Labute approximate surface area is 101 Å². The van der Waals surface area contributed by atoms with E-state index in [9.17, 15) is 4.79 Å². The Bertz CT molecular complexity index is 523. The lowest BCUT2D eigenvalue weighted by Gasteiger charge is -2.00. The summed E-state index contributed by atoms with van der Waals surface area (Å²) in [6.07, 6.45) is 0. The van der Waals surface area contributed by atoms with Gasteiger partial charge in [-0.3, -0.25) is 5.32 Å². The van der Waals surface area contributed by atoms with Gasteiger partial charge in [-0.25, -0.2) is 9.78 Å². The number of fused-ring (bicyclic) bond motifs is 1. The smallest absolute Gasteiger partial charge is 0.321 e. The molecule has 1 aromatic heterocycles. The summed E-state index contributed by atoms with van der Waals surface area (Å²) in [4.78, 5) is 18.5. The minimum atomic E-state index is -0.263. The molecule has 0 saturated carbocycles. The Hall–Kier alpha value is -1.56. The monoisotopic (exact) mass is 282 g/mol. The summed E-state index contributed by atoms with van der Waals surface area (Å²) >= 11 is 3.37. The van der Waals surface area contributed by atoms with Crippen LogP contribution in [0.3, 0.4) is 0 Å². The van der Waals surface area contributed by atoms with E-state index in [1.54, 1.807) is 0 Å². The molecule has 0 fully saturated rings. The summed E-state index contributed by atoms with van der Waals surface area (Å²) in [6.45, 7) is 2.44. The van der Waals surface area contributed by atoms with Crippen LogP contribution in [0.25, 0.3) is 11.0 Å². The van der Waals surface area contributed by atoms with Gasteiger partial charge in [0.25, 0.3) is 0 Å². The van der Waals surface area contributed by atoms with Crippen molar-refractivity contribution in [3.63, 3.8) is 0 Å². The van der Waals surface area contributed by atoms with Gasteiger partial charge in [0, 0.05) is 11.0 Å². The Morgan fingerprint density at radius 3 is 3.12 bits per heavy atom. The van der Waals surface area contributed by atoms with Crippen LogP contribution in [0.5, 0.6) is 0 Å². The van der Waals surface area contributed by atoms with Crippen LogP contribution in [-0.4, -0.2) is 22.5 Å². The molecule has 0 bridgehead atoms. The Morgan fingerprint density at radius 1 is 1.56 bits per heavy atom. The van der Waals surface area contributed by atoms with E-state index in [2.05, 4.69) is 36.5 Å². The average Bonchev–Trinajstić information content (AvgIpc) is 2.59. The van der Waals surface area contributed by atoms with Gasteiger partial charge in [-0.1, -0.05) is 15.9 Å². The first kappa shape index (κ1) is 10.9. The van der Waals surface area contributed by atoms with Gasteiger partial charge in [0.05, 0.1) is 11.0 Å². The molecular weight excluding hydrogens is 272 g/mol. The number of aromatic amines is 1. The van der Waals surface area contributed by atoms with Crippen molar-refractivity contribution >= 4 is 38.9 Å². The number of nitrogens with one attached hydrogen (secondary N) is 3. The molecule has 0 aliphatic carbocycles. The van der Waals surface area contributed by atoms with Gasteiger partial charge in [-0.05, 0) is 25.1 Å². The number of benzene rings is 1. The maximum atomic E-state index is 11.3. The Morgan fingerprint density at radius 2 is 2.38 bits per heavy atom. The van der Waals surface area contributed by atoms with Gasteiger partial charge >= 0.3 is 6.03 Å². The third-order valence-corrected chi connectivity index (χ3v) is 2.51. The van der Waals surface area contributed by atoms with E-state index >= 15 is 0 Å². The number of nitrogens with zero attached hydrogens (tertiary/aromatic N) is 1. The largest absolute Gasteiger partial charge is 0.338 e. The van der Waals surface area contributed by atoms with Gasteiger partial charge in [0.15, 0.2) is 0 Å². The van der Waals surface area contributed by atoms with Crippen LogP contribution in [0.1, 0.15) is 6.92 Å². The standard InChI is InChI=1S/C10H11BrN4O/c1-2-12-10(16)15-9-13-7-4-3-6(11)5-8(7)14-9/h3-5H,2H2,1H3,(H3,12,13,14,15,16). The van der Waals surface area contributed by atoms with Crippen molar-refractivity contribution in [2.75, 3.05) is 11.9 Å². The summed E-state index contributed by atoms with van der Waals surface area (Å²) in [5.41, 5.74) is 1.69. The lowest BCUT2D eigenvalue weighted by molar-refractivity contribution is 0.252. The van der Waals surface area contributed by atoms with Crippen LogP contribution in [0.15, 0.2) is 22.7 Å². The molecule has 84 valence electrons. The predicted octanol–water partition coefficient (Wildman–Crippen LogP) is 2.47. The third kappa shape index (κ3) is 2.33. The zero-order valence-electron chi connectivity index (χ0n) is 8.67. The topological polar surface area (TPSA) is 69.8 Å². The minimum Gasteiger partial charge on any atom is -0.338 e. The van der Waals surface area contributed by atoms with E-state index in [0.29, 0.717) is 12.5 Å². The third-order valence-electron chi connectivity index (χ3n) is 2.01. The number of hydrogen-bond acceptors (Lipinski definition) is 2. The maximum Gasteiger partial charge on any atom is 0.321 e. The first-order chi connectivity index (χ1) is 7.69. The van der Waals surface area contributed by atoms with E-state index in [-0.39, 0.29) is 6.03 Å². The number of carbonyl (C=O) groups is 1. The fourth-order valence-electron chi connectivity index (χ4n) is 1.35. The second kappa shape index (κ2) is 4.52. The van der Waals surface area contributed by atoms with E-state index in [0.717, 1.165) is 15.5 Å². The fraction of sp³-hybridized carbons (Fsp3) is 0.200. The molecule has 0 saturated heterocycles. The Kier molecular flexibility index (Phi) is 3.09. The van der Waals surface area contributed by atoms with Crippen LogP contribution in [0.2, 0.25) is 0 Å². The molecule has 3 N–H and O–H groups in total. The van der Waals surface area contributed by atoms with Crippen molar-refractivity contribution in [2.45, 2.75) is 6.92 Å². The van der Waals surface area contributed by atoms with E-state index in [4.69, 9.17) is 0 Å². The van der Waals surface area contributed by atoms with Gasteiger partial charge in [0.2, 0.25) is 5.95 Å². The quantitative estimate of drug-likeness (QED) is 0.792. The summed E-state index contributed by atoms with van der Waals surface area (Å²) in [5.74, 6) is 0.444. The molecular formula is C10H11BrN4O. The fourth-order valence-corrected chi connectivity index (χ4v) is 1.71. The molecule has 16 heavy (non-hydrogen) atoms. The lowest BCUT2D eigenvalue weighted by Crippen LogP contribution is -2.28. The molecule has 2 aromatic rings. The van der Waals surface area contributed by atoms with Gasteiger partial charge in [-0.15, -0.1) is 0 Å². The van der Waals surface area contributed by atoms with E-state index in [1.807, 2.05) is 25.1 Å². The molecule has 1 aromatic carbocycles. The highest BCUT2D eigenvalue weighted by Gasteiger charge is 2.05. The van der Waals surface area contributed by atoms with E-state index < -0.39 is 0 Å². The van der Waals surface area contributed by atoms with Gasteiger partial charge in [-0.2, -0.15) is 0 Å². The van der Waals surface area contributed by atoms with Crippen LogP contribution < -0.4 is 10.6 Å². The number of halogens is 1. The van der Waals surface area contributed by atoms with Crippen molar-refractivity contribution in [2.24, 2.45) is 0 Å². The average molecular weight is 283 g/mol. The highest BCUT2D eigenvalue weighted by atomic mass is 79.9. The summed E-state index contributed by atoms with van der Waals surface area (Å²) in [5, 5.41) is 5.25. The van der Waals surface area contributed by atoms with Gasteiger partial charge in [0.1, 0.15) is 0 Å². The molecule has 1 heterocycles. The molecule has 0 atom stereocenters. The van der Waals surface area contributed by atoms with Crippen molar-refractivity contribution in [3.8, 4) is 0 Å². The molecule has 6 heteroatoms. The molecule has 2 amide bonds. The first-order valence-electron chi connectivity index (χ1n) is 4.89. The van der Waals surface area contributed by atoms with Crippen LogP contribution in [-0.2, 0) is 0 Å². The number of imidazole rings is 1. The van der Waals surface area contributed by atoms with Crippen LogP contribution >= 0.6 is 15.9 Å². The number of H-pyrrole nitrogens is 1. The van der Waals surface area contributed by atoms with Crippen molar-refractivity contribution < 1.29 is 4.79 Å². The second-order valence-corrected chi connectivity index (χ2v) is 4.15. The highest BCUT2D eigenvalue weighted by Crippen LogP contribution is 2.19. The van der Waals surface area contributed by atoms with Gasteiger partial charge < -0.3 is 10.3 Å². The molecule has 0 unspecified atom stereocenters. The minimum absolute atomic E-state index is 0.263. The van der Waals surface area contributed by atoms with Crippen molar-refractivity contribution in [3.05, 3.63) is 22.7 Å². The number of aromatic nitrogens is 2. The number of urea groups is 1. The molecule has 2 rings (SSSR count). The lowest BCUT2D eigenvalue weighted by atomic mass is 10.3. The number of rotatable bonds is 2. The second-order valence-electron chi connectivity index (χ2n) is 3.23. The first-order valence-corrected chi connectivity index (χ1v) is 5.68. The zero-order valence-corrected chi connectivity index (χ0v) is 10.3. The van der Waals surface area contributed by atoms with Crippen LogP contribution in [0.4, 0.5) is 10.7 Å². The summed E-state index contributed by atoms with van der Waals surface area (Å²) in [7, 11) is 0. The van der Waals surface area contributed by atoms with Crippen LogP contribution in [0, 0.1) is 0 Å². The maximum absolute atomic E-state index is 11.3. The molecule has 0 aliphatic rings. The normalized spacial score (nSPS) is 10.4. The number of hydrogen-bond donors (Lipinski definition) is 3. The molecule has 0 aliphatic heterocycles. The number of anilines is 1. The summed E-state index contributed by atoms with van der Waals surface area (Å²) in [6, 6.07) is 5.42. The predicted molar refractivity (Wildman–Crippen MR) is 66.5 cm³/mol. The number of amides is 2. The Balaban J connectivity index is 2.23. The van der Waals surface area contributed by atoms with E-state index in [1.165, 1.54) is 0 Å². The SMILES string of the molecule is CCNC(=O)Nc1nc2ccc(Br)cc2[nH]1. The molecule has 0 radical (unpaired) electrons. The van der Waals surface area contributed by atoms with Crippen molar-refractivity contribution in [1.82, 2.24) is 15.3 Å². The summed E-state index contributed by atoms with van der Waals surface area (Å²) < 4.78 is 0.966. The zero-order chi connectivity index (χ0) is 11.5. The highest BCUT2D eigenvalue weighted by molar-refractivity contribution is 9.10. The molecule has 5 nitrogen and oxygen atoms in total. The number of carbonyl (C=O) groups excluding carboxylic acids is 1.